The number of nitrogens with zero attached hydrogens (tertiary/aromatic N) is 3. The number of anilines is 2. The van der Waals surface area contributed by atoms with Crippen LogP contribution in [0.2, 0.25) is 0 Å². The number of primary amides is 1. The van der Waals surface area contributed by atoms with Crippen molar-refractivity contribution >= 4 is 17.5 Å². The molecule has 6 heteroatoms. The third-order valence-corrected chi connectivity index (χ3v) is 3.67. The van der Waals surface area contributed by atoms with E-state index in [2.05, 4.69) is 21.8 Å². The monoisotopic (exact) mass is 263 g/mol. The number of nitrogens with two attached hydrogens (primary N) is 2. The van der Waals surface area contributed by atoms with E-state index >= 15 is 0 Å². The molecule has 1 fully saturated rings. The summed E-state index contributed by atoms with van der Waals surface area (Å²) in [5.41, 5.74) is 11.2. The Labute approximate surface area is 113 Å². The second-order valence-corrected chi connectivity index (χ2v) is 5.10. The van der Waals surface area contributed by atoms with Crippen LogP contribution in [0.4, 0.5) is 11.6 Å². The molecule has 0 radical (unpaired) electrons. The highest BCUT2D eigenvalue weighted by atomic mass is 16.1. The maximum atomic E-state index is 11.4. The van der Waals surface area contributed by atoms with Crippen molar-refractivity contribution in [1.82, 2.24) is 9.97 Å². The van der Waals surface area contributed by atoms with Crippen molar-refractivity contribution in [3.05, 3.63) is 11.9 Å². The molecule has 1 saturated heterocycles. The van der Waals surface area contributed by atoms with Gasteiger partial charge in [-0.25, -0.2) is 9.97 Å². The number of aryl methyl sites for hydroxylation is 1. The summed E-state index contributed by atoms with van der Waals surface area (Å²) in [5, 5.41) is 0. The molecule has 1 amide bonds. The van der Waals surface area contributed by atoms with Crippen LogP contribution in [0.3, 0.4) is 0 Å². The second-order valence-electron chi connectivity index (χ2n) is 5.10. The quantitative estimate of drug-likeness (QED) is 0.837. The number of aromatic nitrogens is 2. The Bertz CT molecular complexity index is 476. The SMILES string of the molecule is CCc1nc(N)cc(N2CC(C(N)=O)CCC2C)n1. The lowest BCUT2D eigenvalue weighted by molar-refractivity contribution is -0.122. The zero-order chi connectivity index (χ0) is 14.0. The van der Waals surface area contributed by atoms with Crippen molar-refractivity contribution in [2.75, 3.05) is 17.2 Å². The number of carbonyl (C=O) groups is 1. The predicted octanol–water partition coefficient (Wildman–Crippen LogP) is 0.711. The molecule has 0 spiro atoms. The van der Waals surface area contributed by atoms with Crippen molar-refractivity contribution < 1.29 is 4.79 Å². The van der Waals surface area contributed by atoms with Crippen LogP contribution in [0.25, 0.3) is 0 Å². The predicted molar refractivity (Wildman–Crippen MR) is 74.5 cm³/mol. The number of nitrogen functional groups attached to an aromatic ring is 1. The molecular formula is C13H21N5O. The third kappa shape index (κ3) is 2.94. The number of hydrogen-bond donors (Lipinski definition) is 2. The molecule has 0 saturated carbocycles. The van der Waals surface area contributed by atoms with Gasteiger partial charge in [-0.05, 0) is 19.8 Å². The van der Waals surface area contributed by atoms with Gasteiger partial charge >= 0.3 is 0 Å². The van der Waals surface area contributed by atoms with E-state index in [-0.39, 0.29) is 11.8 Å². The van der Waals surface area contributed by atoms with Gasteiger partial charge in [0.2, 0.25) is 5.91 Å². The van der Waals surface area contributed by atoms with Crippen LogP contribution < -0.4 is 16.4 Å². The van der Waals surface area contributed by atoms with Crippen LogP contribution >= 0.6 is 0 Å². The Morgan fingerprint density at radius 2 is 2.21 bits per heavy atom. The molecule has 1 aromatic heterocycles. The van der Waals surface area contributed by atoms with E-state index in [1.807, 2.05) is 6.92 Å². The van der Waals surface area contributed by atoms with Crippen molar-refractivity contribution in [2.45, 2.75) is 39.2 Å². The molecule has 2 unspecified atom stereocenters. The highest BCUT2D eigenvalue weighted by Gasteiger charge is 2.29. The lowest BCUT2D eigenvalue weighted by Gasteiger charge is -2.37. The number of carbonyl (C=O) groups excluding carboxylic acids is 1. The Kier molecular flexibility index (Phi) is 3.87. The molecule has 4 N–H and O–H groups in total. The fourth-order valence-electron chi connectivity index (χ4n) is 2.47. The minimum absolute atomic E-state index is 0.113. The average molecular weight is 263 g/mol. The molecule has 19 heavy (non-hydrogen) atoms. The van der Waals surface area contributed by atoms with Crippen LogP contribution in [0.1, 0.15) is 32.5 Å². The molecule has 2 heterocycles. The van der Waals surface area contributed by atoms with Gasteiger partial charge in [0.1, 0.15) is 17.5 Å². The van der Waals surface area contributed by atoms with Crippen molar-refractivity contribution in [3.63, 3.8) is 0 Å². The Morgan fingerprint density at radius 3 is 2.84 bits per heavy atom. The van der Waals surface area contributed by atoms with Gasteiger partial charge < -0.3 is 16.4 Å². The highest BCUT2D eigenvalue weighted by Crippen LogP contribution is 2.27. The Morgan fingerprint density at radius 1 is 1.47 bits per heavy atom. The molecule has 1 aromatic rings. The Hall–Kier alpha value is -1.85. The number of rotatable bonds is 3. The minimum atomic E-state index is -0.241. The minimum Gasteiger partial charge on any atom is -0.384 e. The first-order valence-corrected chi connectivity index (χ1v) is 6.70. The molecule has 2 rings (SSSR count). The van der Waals surface area contributed by atoms with Gasteiger partial charge in [0.15, 0.2) is 0 Å². The van der Waals surface area contributed by atoms with Crippen molar-refractivity contribution in [3.8, 4) is 0 Å². The number of amides is 1. The topological polar surface area (TPSA) is 98.1 Å². The first-order valence-electron chi connectivity index (χ1n) is 6.70. The maximum Gasteiger partial charge on any atom is 0.222 e. The zero-order valence-corrected chi connectivity index (χ0v) is 11.5. The van der Waals surface area contributed by atoms with Crippen LogP contribution in [0, 0.1) is 5.92 Å². The smallest absolute Gasteiger partial charge is 0.222 e. The first kappa shape index (κ1) is 13.6. The van der Waals surface area contributed by atoms with Gasteiger partial charge in [0.05, 0.1) is 5.92 Å². The van der Waals surface area contributed by atoms with E-state index in [9.17, 15) is 4.79 Å². The summed E-state index contributed by atoms with van der Waals surface area (Å²) < 4.78 is 0. The lowest BCUT2D eigenvalue weighted by Crippen LogP contribution is -2.46. The summed E-state index contributed by atoms with van der Waals surface area (Å²) in [6, 6.07) is 2.09. The van der Waals surface area contributed by atoms with E-state index in [0.717, 1.165) is 30.9 Å². The summed E-state index contributed by atoms with van der Waals surface area (Å²) in [6.07, 6.45) is 2.51. The molecule has 6 nitrogen and oxygen atoms in total. The lowest BCUT2D eigenvalue weighted by atomic mass is 9.93. The molecule has 0 aliphatic carbocycles. The zero-order valence-electron chi connectivity index (χ0n) is 11.5. The number of piperidine rings is 1. The van der Waals surface area contributed by atoms with E-state index in [1.54, 1.807) is 6.07 Å². The largest absolute Gasteiger partial charge is 0.384 e. The highest BCUT2D eigenvalue weighted by molar-refractivity contribution is 5.77. The first-order chi connectivity index (χ1) is 9.01. The second kappa shape index (κ2) is 5.42. The fourth-order valence-corrected chi connectivity index (χ4v) is 2.47. The normalized spacial score (nSPS) is 23.4. The summed E-state index contributed by atoms with van der Waals surface area (Å²) in [5.74, 6) is 1.63. The standard InChI is InChI=1S/C13H21N5O/c1-3-11-16-10(14)6-12(17-11)18-7-9(13(15)19)5-4-8(18)2/h6,8-9H,3-5,7H2,1-2H3,(H2,15,19)(H2,14,16,17). The molecule has 1 aliphatic rings. The van der Waals surface area contributed by atoms with Crippen LogP contribution in [-0.2, 0) is 11.2 Å². The maximum absolute atomic E-state index is 11.4. The molecule has 2 atom stereocenters. The van der Waals surface area contributed by atoms with E-state index < -0.39 is 0 Å². The summed E-state index contributed by atoms with van der Waals surface area (Å²) in [7, 11) is 0. The summed E-state index contributed by atoms with van der Waals surface area (Å²) in [6.45, 7) is 4.72. The summed E-state index contributed by atoms with van der Waals surface area (Å²) in [4.78, 5) is 22.2. The van der Waals surface area contributed by atoms with Crippen LogP contribution in [0.5, 0.6) is 0 Å². The molecule has 0 bridgehead atoms. The average Bonchev–Trinajstić information content (AvgIpc) is 2.38. The van der Waals surface area contributed by atoms with Gasteiger partial charge in [-0.1, -0.05) is 6.92 Å². The fraction of sp³-hybridized carbons (Fsp3) is 0.615. The van der Waals surface area contributed by atoms with E-state index in [4.69, 9.17) is 11.5 Å². The van der Waals surface area contributed by atoms with Gasteiger partial charge in [-0.3, -0.25) is 4.79 Å². The molecular weight excluding hydrogens is 242 g/mol. The van der Waals surface area contributed by atoms with Crippen molar-refractivity contribution in [2.24, 2.45) is 11.7 Å². The van der Waals surface area contributed by atoms with Gasteiger partial charge in [-0.2, -0.15) is 0 Å². The van der Waals surface area contributed by atoms with E-state index in [0.29, 0.717) is 18.4 Å². The van der Waals surface area contributed by atoms with E-state index in [1.165, 1.54) is 0 Å². The molecule has 104 valence electrons. The molecule has 0 aromatic carbocycles. The third-order valence-electron chi connectivity index (χ3n) is 3.67. The number of hydrogen-bond acceptors (Lipinski definition) is 5. The Balaban J connectivity index is 2.27. The van der Waals surface area contributed by atoms with Gasteiger partial charge in [0, 0.05) is 25.1 Å². The van der Waals surface area contributed by atoms with Gasteiger partial charge in [-0.15, -0.1) is 0 Å². The summed E-state index contributed by atoms with van der Waals surface area (Å²) >= 11 is 0. The van der Waals surface area contributed by atoms with Crippen LogP contribution in [0.15, 0.2) is 6.07 Å². The van der Waals surface area contributed by atoms with Crippen LogP contribution in [-0.4, -0.2) is 28.5 Å². The van der Waals surface area contributed by atoms with Gasteiger partial charge in [0.25, 0.3) is 0 Å². The van der Waals surface area contributed by atoms with Crippen molar-refractivity contribution in [1.29, 1.82) is 0 Å². The molecule has 1 aliphatic heterocycles.